The van der Waals surface area contributed by atoms with Gasteiger partial charge < -0.3 is 5.32 Å². The van der Waals surface area contributed by atoms with Gasteiger partial charge in [0.2, 0.25) is 0 Å². The van der Waals surface area contributed by atoms with Gasteiger partial charge in [-0.3, -0.25) is 9.59 Å². The Hall–Kier alpha value is -2.14. The highest BCUT2D eigenvalue weighted by Crippen LogP contribution is 2.22. The monoisotopic (exact) mass is 291 g/mol. The molecule has 0 aliphatic carbocycles. The van der Waals surface area contributed by atoms with E-state index >= 15 is 0 Å². The van der Waals surface area contributed by atoms with Crippen molar-refractivity contribution < 1.29 is 4.79 Å². The number of hydrogen-bond donors (Lipinski definition) is 1. The molecule has 0 bridgehead atoms. The number of halogens is 1. The van der Waals surface area contributed by atoms with E-state index < -0.39 is 0 Å². The van der Waals surface area contributed by atoms with Crippen molar-refractivity contribution in [3.05, 3.63) is 63.0 Å². The molecular weight excluding hydrogens is 278 g/mol. The Morgan fingerprint density at radius 2 is 2.00 bits per heavy atom. The Bertz CT molecular complexity index is 697. The van der Waals surface area contributed by atoms with Crippen LogP contribution < -0.4 is 10.9 Å². The zero-order chi connectivity index (χ0) is 14.7. The number of nitrogens with one attached hydrogen (secondary N) is 1. The number of hydrogen-bond acceptors (Lipinski definition) is 3. The summed E-state index contributed by atoms with van der Waals surface area (Å²) in [7, 11) is 1.50. The van der Waals surface area contributed by atoms with Crippen molar-refractivity contribution in [3.63, 3.8) is 0 Å². The van der Waals surface area contributed by atoms with Gasteiger partial charge in [-0.2, -0.15) is 5.10 Å². The van der Waals surface area contributed by atoms with E-state index in [0.29, 0.717) is 5.02 Å². The van der Waals surface area contributed by atoms with Crippen LogP contribution in [-0.4, -0.2) is 15.7 Å². The molecule has 20 heavy (non-hydrogen) atoms. The van der Waals surface area contributed by atoms with Gasteiger partial charge in [-0.05, 0) is 24.6 Å². The van der Waals surface area contributed by atoms with Crippen LogP contribution in [0.3, 0.4) is 0 Å². The number of carbonyl (C=O) groups excluding carboxylic acids is 1. The average Bonchev–Trinajstić information content (AvgIpc) is 2.42. The van der Waals surface area contributed by atoms with Gasteiger partial charge >= 0.3 is 0 Å². The molecule has 0 spiro atoms. The fraction of sp³-hybridized carbons (Fsp3) is 0.214. The second-order valence-electron chi connectivity index (χ2n) is 4.40. The molecule has 0 aliphatic rings. The van der Waals surface area contributed by atoms with Crippen LogP contribution in [0.25, 0.3) is 0 Å². The van der Waals surface area contributed by atoms with Crippen molar-refractivity contribution >= 4 is 17.5 Å². The standard InChI is InChI=1S/C14H14ClN3O2/c1-9(10-5-3-4-6-11(10)15)16-14(20)12-7-8-13(19)18(2)17-12/h3-9H,1-2H3,(H,16,20)/t9-/m1/s1. The normalized spacial score (nSPS) is 11.9. The molecule has 5 nitrogen and oxygen atoms in total. The Kier molecular flexibility index (Phi) is 4.20. The molecule has 0 fully saturated rings. The molecule has 1 aromatic heterocycles. The van der Waals surface area contributed by atoms with Crippen LogP contribution in [0.15, 0.2) is 41.2 Å². The van der Waals surface area contributed by atoms with E-state index in [1.165, 1.54) is 19.2 Å². The lowest BCUT2D eigenvalue weighted by molar-refractivity contribution is 0.0932. The van der Waals surface area contributed by atoms with E-state index in [0.717, 1.165) is 10.2 Å². The summed E-state index contributed by atoms with van der Waals surface area (Å²) in [5.41, 5.74) is 0.749. The highest BCUT2D eigenvalue weighted by Gasteiger charge is 2.15. The molecule has 0 aliphatic heterocycles. The van der Waals surface area contributed by atoms with Crippen LogP contribution in [-0.2, 0) is 7.05 Å². The van der Waals surface area contributed by atoms with Crippen molar-refractivity contribution in [2.24, 2.45) is 7.05 Å². The maximum Gasteiger partial charge on any atom is 0.272 e. The third-order valence-electron chi connectivity index (χ3n) is 2.91. The zero-order valence-electron chi connectivity index (χ0n) is 11.1. The van der Waals surface area contributed by atoms with Gasteiger partial charge in [-0.25, -0.2) is 4.68 Å². The molecule has 2 aromatic rings. The number of aryl methyl sites for hydroxylation is 1. The van der Waals surface area contributed by atoms with E-state index in [2.05, 4.69) is 10.4 Å². The lowest BCUT2D eigenvalue weighted by Gasteiger charge is -2.15. The first kappa shape index (κ1) is 14.3. The van der Waals surface area contributed by atoms with E-state index in [1.807, 2.05) is 25.1 Å². The Morgan fingerprint density at radius 3 is 2.65 bits per heavy atom. The first-order valence-electron chi connectivity index (χ1n) is 6.08. The van der Waals surface area contributed by atoms with Gasteiger partial charge in [0.1, 0.15) is 5.69 Å². The fourth-order valence-corrected chi connectivity index (χ4v) is 2.10. The first-order chi connectivity index (χ1) is 9.49. The summed E-state index contributed by atoms with van der Waals surface area (Å²) in [5.74, 6) is -0.354. The molecule has 104 valence electrons. The first-order valence-corrected chi connectivity index (χ1v) is 6.46. The molecule has 0 unspecified atom stereocenters. The summed E-state index contributed by atoms with van der Waals surface area (Å²) in [5, 5.41) is 7.29. The minimum atomic E-state index is -0.354. The van der Waals surface area contributed by atoms with Gasteiger partial charge in [0, 0.05) is 18.1 Å². The SMILES string of the molecule is C[C@@H](NC(=O)c1ccc(=O)n(C)n1)c1ccccc1Cl. The molecule has 2 rings (SSSR count). The van der Waals surface area contributed by atoms with Gasteiger partial charge in [0.15, 0.2) is 0 Å². The lowest BCUT2D eigenvalue weighted by atomic mass is 10.1. The van der Waals surface area contributed by atoms with Crippen LogP contribution in [0.4, 0.5) is 0 Å². The maximum absolute atomic E-state index is 12.1. The molecule has 1 N–H and O–H groups in total. The number of benzene rings is 1. The van der Waals surface area contributed by atoms with Crippen molar-refractivity contribution in [2.45, 2.75) is 13.0 Å². The van der Waals surface area contributed by atoms with Gasteiger partial charge in [0.05, 0.1) is 6.04 Å². The Balaban J connectivity index is 2.17. The van der Waals surface area contributed by atoms with Crippen LogP contribution >= 0.6 is 11.6 Å². The summed E-state index contributed by atoms with van der Waals surface area (Å²) in [4.78, 5) is 23.3. The molecule has 1 aromatic carbocycles. The summed E-state index contributed by atoms with van der Waals surface area (Å²) < 4.78 is 1.12. The quantitative estimate of drug-likeness (QED) is 0.940. The summed E-state index contributed by atoms with van der Waals surface area (Å²) >= 11 is 6.08. The third kappa shape index (κ3) is 3.05. The smallest absolute Gasteiger partial charge is 0.272 e. The van der Waals surface area contributed by atoms with E-state index in [9.17, 15) is 9.59 Å². The number of nitrogens with zero attached hydrogens (tertiary/aromatic N) is 2. The Labute approximate surface area is 121 Å². The number of rotatable bonds is 3. The lowest BCUT2D eigenvalue weighted by Crippen LogP contribution is -2.30. The van der Waals surface area contributed by atoms with Gasteiger partial charge in [-0.15, -0.1) is 0 Å². The van der Waals surface area contributed by atoms with Crippen molar-refractivity contribution in [3.8, 4) is 0 Å². The minimum Gasteiger partial charge on any atom is -0.344 e. The Morgan fingerprint density at radius 1 is 1.30 bits per heavy atom. The molecule has 0 radical (unpaired) electrons. The molecule has 1 amide bonds. The van der Waals surface area contributed by atoms with Crippen molar-refractivity contribution in [1.82, 2.24) is 15.1 Å². The van der Waals surface area contributed by atoms with E-state index in [4.69, 9.17) is 11.6 Å². The minimum absolute atomic E-state index is 0.186. The number of aromatic nitrogens is 2. The van der Waals surface area contributed by atoms with Gasteiger partial charge in [-0.1, -0.05) is 29.8 Å². The summed E-state index contributed by atoms with van der Waals surface area (Å²) in [6.07, 6.45) is 0. The predicted molar refractivity (Wildman–Crippen MR) is 76.8 cm³/mol. The fourth-order valence-electron chi connectivity index (χ4n) is 1.80. The highest BCUT2D eigenvalue weighted by molar-refractivity contribution is 6.31. The van der Waals surface area contributed by atoms with E-state index in [-0.39, 0.29) is 23.2 Å². The van der Waals surface area contributed by atoms with E-state index in [1.54, 1.807) is 6.07 Å². The third-order valence-corrected chi connectivity index (χ3v) is 3.26. The van der Waals surface area contributed by atoms with Gasteiger partial charge in [0.25, 0.3) is 11.5 Å². The molecule has 1 heterocycles. The number of amides is 1. The molecular formula is C14H14ClN3O2. The predicted octanol–water partition coefficient (Wildman–Crippen LogP) is 1.92. The van der Waals surface area contributed by atoms with Crippen molar-refractivity contribution in [2.75, 3.05) is 0 Å². The van der Waals surface area contributed by atoms with Crippen LogP contribution in [0.5, 0.6) is 0 Å². The topological polar surface area (TPSA) is 64.0 Å². The molecule has 0 saturated heterocycles. The van der Waals surface area contributed by atoms with Crippen LogP contribution in [0.2, 0.25) is 5.02 Å². The maximum atomic E-state index is 12.1. The number of carbonyl (C=O) groups is 1. The van der Waals surface area contributed by atoms with Crippen LogP contribution in [0.1, 0.15) is 29.0 Å². The molecule has 0 saturated carbocycles. The van der Waals surface area contributed by atoms with Crippen molar-refractivity contribution in [1.29, 1.82) is 0 Å². The molecule has 6 heteroatoms. The summed E-state index contributed by atoms with van der Waals surface area (Å²) in [6.45, 7) is 1.83. The second-order valence-corrected chi connectivity index (χ2v) is 4.80. The second kappa shape index (κ2) is 5.88. The average molecular weight is 292 g/mol. The summed E-state index contributed by atoms with van der Waals surface area (Å²) in [6, 6.07) is 9.75. The largest absolute Gasteiger partial charge is 0.344 e. The van der Waals surface area contributed by atoms with Crippen LogP contribution in [0, 0.1) is 0 Å². The zero-order valence-corrected chi connectivity index (χ0v) is 11.9. The molecule has 1 atom stereocenters. The highest BCUT2D eigenvalue weighted by atomic mass is 35.5.